The quantitative estimate of drug-likeness (QED) is 0.421. The van der Waals surface area contributed by atoms with Crippen LogP contribution in [0.3, 0.4) is 0 Å². The van der Waals surface area contributed by atoms with Gasteiger partial charge in [-0.3, -0.25) is 4.98 Å². The molecular weight excluding hydrogens is 374 g/mol. The molecule has 0 radical (unpaired) electrons. The van der Waals surface area contributed by atoms with Crippen molar-refractivity contribution >= 4 is 17.5 Å². The van der Waals surface area contributed by atoms with Crippen LogP contribution in [-0.4, -0.2) is 21.6 Å². The van der Waals surface area contributed by atoms with Gasteiger partial charge in [0.1, 0.15) is 11.6 Å². The molecule has 4 rings (SSSR count). The highest BCUT2D eigenvalue weighted by Crippen LogP contribution is 2.24. The topological polar surface area (TPSA) is 72.0 Å². The van der Waals surface area contributed by atoms with Gasteiger partial charge in [-0.1, -0.05) is 36.4 Å². The van der Waals surface area contributed by atoms with E-state index < -0.39 is 0 Å². The fourth-order valence-corrected chi connectivity index (χ4v) is 2.96. The Balaban J connectivity index is 1.59. The summed E-state index contributed by atoms with van der Waals surface area (Å²) in [5.74, 6) is 2.08. The monoisotopic (exact) mass is 397 g/mol. The molecule has 0 unspecified atom stereocenters. The van der Waals surface area contributed by atoms with Crippen molar-refractivity contribution in [3.63, 3.8) is 0 Å². The summed E-state index contributed by atoms with van der Waals surface area (Å²) in [4.78, 5) is 13.7. The van der Waals surface area contributed by atoms with Gasteiger partial charge in [-0.25, -0.2) is 4.98 Å². The van der Waals surface area contributed by atoms with Gasteiger partial charge >= 0.3 is 0 Å². The first kappa shape index (κ1) is 19.4. The third-order valence-corrected chi connectivity index (χ3v) is 4.39. The molecule has 0 aliphatic heterocycles. The first-order chi connectivity index (χ1) is 14.8. The number of nitrogens with zero attached hydrogens (tertiary/aromatic N) is 3. The number of hydrogen-bond acceptors (Lipinski definition) is 6. The number of nitrogens with one attached hydrogen (secondary N) is 2. The maximum atomic E-state index is 5.51. The van der Waals surface area contributed by atoms with E-state index in [0.717, 1.165) is 34.2 Å². The molecule has 150 valence electrons. The molecule has 0 aliphatic rings. The number of benzene rings is 2. The summed E-state index contributed by atoms with van der Waals surface area (Å²) in [6.45, 7) is 3.18. The minimum Gasteiger partial charge on any atom is -0.494 e. The Morgan fingerprint density at radius 1 is 0.867 bits per heavy atom. The molecule has 0 saturated carbocycles. The number of rotatable bonds is 8. The molecule has 6 nitrogen and oxygen atoms in total. The molecule has 0 atom stereocenters. The minimum atomic E-state index is 0.518. The number of anilines is 3. The van der Waals surface area contributed by atoms with Gasteiger partial charge < -0.3 is 15.4 Å². The Bertz CT molecular complexity index is 1070. The maximum Gasteiger partial charge on any atom is 0.229 e. The van der Waals surface area contributed by atoms with E-state index in [9.17, 15) is 0 Å². The molecule has 0 bridgehead atoms. The highest BCUT2D eigenvalue weighted by atomic mass is 16.5. The molecule has 0 spiro atoms. The van der Waals surface area contributed by atoms with Crippen molar-refractivity contribution in [2.45, 2.75) is 13.5 Å². The lowest BCUT2D eigenvalue weighted by molar-refractivity contribution is 0.340. The summed E-state index contributed by atoms with van der Waals surface area (Å²) in [6, 6.07) is 25.6. The van der Waals surface area contributed by atoms with E-state index in [-0.39, 0.29) is 0 Å². The molecule has 2 aromatic carbocycles. The highest BCUT2D eigenvalue weighted by molar-refractivity contribution is 5.66. The largest absolute Gasteiger partial charge is 0.494 e. The van der Waals surface area contributed by atoms with Gasteiger partial charge in [0.2, 0.25) is 5.95 Å². The Morgan fingerprint density at radius 3 is 2.40 bits per heavy atom. The van der Waals surface area contributed by atoms with Crippen LogP contribution in [0.4, 0.5) is 17.5 Å². The van der Waals surface area contributed by atoms with Gasteiger partial charge in [-0.05, 0) is 43.3 Å². The van der Waals surface area contributed by atoms with Crippen LogP contribution < -0.4 is 15.4 Å². The Hall–Kier alpha value is -3.93. The zero-order chi connectivity index (χ0) is 20.6. The van der Waals surface area contributed by atoms with E-state index >= 15 is 0 Å². The fourth-order valence-electron chi connectivity index (χ4n) is 2.96. The molecular formula is C24H23N5O. The average Bonchev–Trinajstić information content (AvgIpc) is 2.80. The van der Waals surface area contributed by atoms with Crippen molar-refractivity contribution in [1.82, 2.24) is 15.0 Å². The third kappa shape index (κ3) is 5.11. The SMILES string of the molecule is CCOc1ccc(Nc2nc(NCc3ccccn3)cc(-c3ccccc3)n2)cc1. The fraction of sp³-hybridized carbons (Fsp3) is 0.125. The Morgan fingerprint density at radius 2 is 1.67 bits per heavy atom. The van der Waals surface area contributed by atoms with E-state index in [1.807, 2.05) is 85.8 Å². The van der Waals surface area contributed by atoms with Crippen LogP contribution in [0.25, 0.3) is 11.3 Å². The summed E-state index contributed by atoms with van der Waals surface area (Å²) in [6.07, 6.45) is 1.78. The molecule has 0 fully saturated rings. The third-order valence-electron chi connectivity index (χ3n) is 4.39. The summed E-state index contributed by atoms with van der Waals surface area (Å²) in [5, 5.41) is 6.64. The smallest absolute Gasteiger partial charge is 0.229 e. The molecule has 0 aliphatic carbocycles. The van der Waals surface area contributed by atoms with Gasteiger partial charge in [0.05, 0.1) is 24.5 Å². The van der Waals surface area contributed by atoms with Crippen molar-refractivity contribution in [3.05, 3.63) is 90.8 Å². The van der Waals surface area contributed by atoms with E-state index in [4.69, 9.17) is 9.72 Å². The summed E-state index contributed by atoms with van der Waals surface area (Å²) in [7, 11) is 0. The van der Waals surface area contributed by atoms with E-state index in [0.29, 0.717) is 19.1 Å². The van der Waals surface area contributed by atoms with Crippen molar-refractivity contribution < 1.29 is 4.74 Å². The lowest BCUT2D eigenvalue weighted by atomic mass is 10.1. The second kappa shape index (κ2) is 9.52. The molecule has 2 heterocycles. The maximum absolute atomic E-state index is 5.51. The second-order valence-corrected chi connectivity index (χ2v) is 6.59. The molecule has 2 aromatic heterocycles. The van der Waals surface area contributed by atoms with Gasteiger partial charge in [0.15, 0.2) is 0 Å². The lowest BCUT2D eigenvalue weighted by Gasteiger charge is -2.12. The van der Waals surface area contributed by atoms with Crippen LogP contribution in [0.1, 0.15) is 12.6 Å². The normalized spacial score (nSPS) is 10.4. The molecule has 2 N–H and O–H groups in total. The standard InChI is InChI=1S/C24H23N5O/c1-2-30-21-13-11-19(12-14-21)27-24-28-22(18-8-4-3-5-9-18)16-23(29-24)26-17-20-10-6-7-15-25-20/h3-16H,2,17H2,1H3,(H2,26,27,28,29). The van der Waals surface area contributed by atoms with Gasteiger partial charge in [-0.2, -0.15) is 4.98 Å². The van der Waals surface area contributed by atoms with Crippen molar-refractivity contribution in [2.24, 2.45) is 0 Å². The van der Waals surface area contributed by atoms with E-state index in [1.165, 1.54) is 0 Å². The van der Waals surface area contributed by atoms with Gasteiger partial charge in [0.25, 0.3) is 0 Å². The predicted molar refractivity (Wildman–Crippen MR) is 120 cm³/mol. The lowest BCUT2D eigenvalue weighted by Crippen LogP contribution is -2.06. The molecule has 6 heteroatoms. The Kier molecular flexibility index (Phi) is 6.15. The average molecular weight is 397 g/mol. The van der Waals surface area contributed by atoms with Crippen LogP contribution in [0.2, 0.25) is 0 Å². The Labute approximate surface area is 176 Å². The van der Waals surface area contributed by atoms with Crippen LogP contribution in [0.15, 0.2) is 85.1 Å². The first-order valence-electron chi connectivity index (χ1n) is 9.88. The summed E-state index contributed by atoms with van der Waals surface area (Å²) in [5.41, 5.74) is 3.69. The van der Waals surface area contributed by atoms with Crippen molar-refractivity contribution in [1.29, 1.82) is 0 Å². The number of hydrogen-bond donors (Lipinski definition) is 2. The number of aromatic nitrogens is 3. The zero-order valence-electron chi connectivity index (χ0n) is 16.7. The summed E-state index contributed by atoms with van der Waals surface area (Å²) < 4.78 is 5.51. The van der Waals surface area contributed by atoms with E-state index in [1.54, 1.807) is 6.20 Å². The predicted octanol–water partition coefficient (Wildman–Crippen LogP) is 5.29. The zero-order valence-corrected chi connectivity index (χ0v) is 16.7. The van der Waals surface area contributed by atoms with Crippen molar-refractivity contribution in [2.75, 3.05) is 17.2 Å². The van der Waals surface area contributed by atoms with Crippen LogP contribution in [-0.2, 0) is 6.54 Å². The van der Waals surface area contributed by atoms with Crippen molar-refractivity contribution in [3.8, 4) is 17.0 Å². The first-order valence-corrected chi connectivity index (χ1v) is 9.88. The van der Waals surface area contributed by atoms with E-state index in [2.05, 4.69) is 20.6 Å². The second-order valence-electron chi connectivity index (χ2n) is 6.59. The molecule has 4 aromatic rings. The molecule has 0 amide bonds. The van der Waals surface area contributed by atoms with Gasteiger partial charge in [-0.15, -0.1) is 0 Å². The number of ether oxygens (including phenoxy) is 1. The van der Waals surface area contributed by atoms with Crippen LogP contribution in [0, 0.1) is 0 Å². The minimum absolute atomic E-state index is 0.518. The summed E-state index contributed by atoms with van der Waals surface area (Å²) >= 11 is 0. The van der Waals surface area contributed by atoms with Crippen LogP contribution in [0.5, 0.6) is 5.75 Å². The van der Waals surface area contributed by atoms with Crippen LogP contribution >= 0.6 is 0 Å². The molecule has 0 saturated heterocycles. The highest BCUT2D eigenvalue weighted by Gasteiger charge is 2.08. The molecule has 30 heavy (non-hydrogen) atoms. The number of pyridine rings is 1. The van der Waals surface area contributed by atoms with Gasteiger partial charge in [0, 0.05) is 23.5 Å².